The molecule has 27 heavy (non-hydrogen) atoms. The van der Waals surface area contributed by atoms with Crippen molar-refractivity contribution in [1.29, 1.82) is 0 Å². The van der Waals surface area contributed by atoms with Crippen LogP contribution in [-0.2, 0) is 20.8 Å². The van der Waals surface area contributed by atoms with Crippen LogP contribution in [0.3, 0.4) is 0 Å². The summed E-state index contributed by atoms with van der Waals surface area (Å²) in [6.07, 6.45) is -11.0. The molecule has 1 aromatic carbocycles. The molecule has 0 aliphatic rings. The summed E-state index contributed by atoms with van der Waals surface area (Å²) in [7, 11) is 4.02. The van der Waals surface area contributed by atoms with Crippen LogP contribution < -0.4 is 4.90 Å². The van der Waals surface area contributed by atoms with Gasteiger partial charge in [0.15, 0.2) is 0 Å². The highest BCUT2D eigenvalue weighted by Gasteiger charge is 2.54. The first kappa shape index (κ1) is 24.6. The third-order valence-corrected chi connectivity index (χ3v) is 3.20. The van der Waals surface area contributed by atoms with Gasteiger partial charge in [0.25, 0.3) is 0 Å². The maximum absolute atomic E-state index is 11.5. The highest BCUT2D eigenvalue weighted by molar-refractivity contribution is 6.41. The number of alkyl halides is 6. The molecule has 0 spiro atoms. The Kier molecular flexibility index (Phi) is 8.68. The molecule has 0 fully saturated rings. The van der Waals surface area contributed by atoms with Gasteiger partial charge in [-0.1, -0.05) is 26.0 Å². The van der Waals surface area contributed by atoms with Gasteiger partial charge in [-0.05, 0) is 17.7 Å². The molecule has 0 atom stereocenters. The van der Waals surface area contributed by atoms with E-state index in [1.165, 1.54) is 0 Å². The molecule has 1 aromatic rings. The molecule has 0 aromatic heterocycles. The van der Waals surface area contributed by atoms with Crippen molar-refractivity contribution in [2.24, 2.45) is 5.92 Å². The topological polar surface area (TPSA) is 54.5 Å². The lowest BCUT2D eigenvalue weighted by Gasteiger charge is -2.12. The average Bonchev–Trinajstić information content (AvgIpc) is 2.52. The molecule has 10 heteroatoms. The largest absolute Gasteiger partial charge is 0.458 e. The van der Waals surface area contributed by atoms with Crippen LogP contribution in [0.5, 0.6) is 0 Å². The molecule has 0 saturated carbocycles. The van der Waals surface area contributed by atoms with E-state index < -0.39 is 23.9 Å². The van der Waals surface area contributed by atoms with Crippen molar-refractivity contribution in [3.63, 3.8) is 0 Å². The maximum atomic E-state index is 11.5. The highest BCUT2D eigenvalue weighted by atomic mass is 19.4. The van der Waals surface area contributed by atoms with Crippen molar-refractivity contribution in [1.82, 2.24) is 0 Å². The number of hydrogen-bond donors (Lipinski definition) is 0. The van der Waals surface area contributed by atoms with Crippen LogP contribution in [0.4, 0.5) is 32.0 Å². The zero-order valence-electron chi connectivity index (χ0n) is 15.0. The van der Waals surface area contributed by atoms with Gasteiger partial charge in [0.05, 0.1) is 0 Å². The van der Waals surface area contributed by atoms with Crippen molar-refractivity contribution < 1.29 is 40.7 Å². The van der Waals surface area contributed by atoms with Crippen molar-refractivity contribution in [3.8, 4) is 0 Å². The second-order valence-corrected chi connectivity index (χ2v) is 6.01. The molecule has 0 heterocycles. The Bertz CT molecular complexity index is 637. The number of Topliss-reactive ketones (excluding diaryl/α,β-unsaturated/α-hetero) is 3. The van der Waals surface area contributed by atoms with Gasteiger partial charge < -0.3 is 4.90 Å². The van der Waals surface area contributed by atoms with Crippen LogP contribution >= 0.6 is 0 Å². The van der Waals surface area contributed by atoms with E-state index in [0.29, 0.717) is 12.2 Å². The summed E-state index contributed by atoms with van der Waals surface area (Å²) in [5.74, 6) is -6.39. The van der Waals surface area contributed by atoms with E-state index in [0.717, 1.165) is 11.3 Å². The Morgan fingerprint density at radius 3 is 1.48 bits per heavy atom. The van der Waals surface area contributed by atoms with E-state index in [1.54, 1.807) is 0 Å². The fraction of sp³-hybridized carbons (Fsp3) is 0.471. The Morgan fingerprint density at radius 2 is 1.22 bits per heavy atom. The molecular weight excluding hydrogens is 380 g/mol. The van der Waals surface area contributed by atoms with Crippen LogP contribution in [-0.4, -0.2) is 43.8 Å². The number of anilines is 1. The number of halogens is 6. The fourth-order valence-electron chi connectivity index (χ4n) is 1.57. The lowest BCUT2D eigenvalue weighted by Crippen LogP contribution is -2.39. The number of ketones is 3. The predicted octanol–water partition coefficient (Wildman–Crippen LogP) is 3.77. The molecule has 0 N–H and O–H groups in total. The zero-order valence-corrected chi connectivity index (χ0v) is 15.0. The van der Waals surface area contributed by atoms with Crippen molar-refractivity contribution in [2.45, 2.75) is 32.6 Å². The number of hydrogen-bond acceptors (Lipinski definition) is 4. The van der Waals surface area contributed by atoms with E-state index in [2.05, 4.69) is 0 Å². The minimum atomic E-state index is -5.77. The maximum Gasteiger partial charge on any atom is 0.458 e. The summed E-state index contributed by atoms with van der Waals surface area (Å²) in [6, 6.07) is 8.14. The van der Waals surface area contributed by atoms with Gasteiger partial charge in [-0.3, -0.25) is 14.4 Å². The Morgan fingerprint density at radius 1 is 0.852 bits per heavy atom. The molecule has 1 rings (SSSR count). The normalized spacial score (nSPS) is 11.5. The van der Waals surface area contributed by atoms with Gasteiger partial charge >= 0.3 is 23.9 Å². The number of benzene rings is 1. The molecule has 0 amide bonds. The summed E-state index contributed by atoms with van der Waals surface area (Å²) in [6.45, 7) is 3.88. The summed E-state index contributed by atoms with van der Waals surface area (Å²) in [5.41, 5.74) is 2.26. The van der Waals surface area contributed by atoms with Gasteiger partial charge in [-0.15, -0.1) is 0 Å². The van der Waals surface area contributed by atoms with Crippen LogP contribution in [0.1, 0.15) is 19.4 Å². The smallest absolute Gasteiger partial charge is 0.378 e. The predicted molar refractivity (Wildman–Crippen MR) is 86.4 cm³/mol. The van der Waals surface area contributed by atoms with Gasteiger partial charge in [0, 0.05) is 32.1 Å². The second-order valence-electron chi connectivity index (χ2n) is 6.01. The minimum Gasteiger partial charge on any atom is -0.378 e. The minimum absolute atomic E-state index is 0.124. The lowest BCUT2D eigenvalue weighted by atomic mass is 10.0. The van der Waals surface area contributed by atoms with Gasteiger partial charge in [-0.25, -0.2) is 0 Å². The summed E-state index contributed by atoms with van der Waals surface area (Å²) < 4.78 is 67.0. The summed E-state index contributed by atoms with van der Waals surface area (Å²) in [4.78, 5) is 32.8. The Balaban J connectivity index is 0.000000516. The number of rotatable bonds is 5. The Hall–Kier alpha value is -2.39. The number of carbonyl (C=O) groups excluding carboxylic acids is 3. The van der Waals surface area contributed by atoms with Gasteiger partial charge in [0.2, 0.25) is 0 Å². The molecule has 0 radical (unpaired) electrons. The van der Waals surface area contributed by atoms with Crippen LogP contribution in [0.15, 0.2) is 24.3 Å². The van der Waals surface area contributed by atoms with E-state index in [-0.39, 0.29) is 5.92 Å². The summed E-state index contributed by atoms with van der Waals surface area (Å²) >= 11 is 0. The third kappa shape index (κ3) is 8.69. The quantitative estimate of drug-likeness (QED) is 0.559. The number of nitrogens with zero attached hydrogens (tertiary/aromatic N) is 1. The van der Waals surface area contributed by atoms with E-state index >= 15 is 0 Å². The SMILES string of the molecule is CC(C)C(=O)Cc1ccc(N(C)C)cc1.O=C(C(=O)C(F)(F)F)C(F)(F)F. The van der Waals surface area contributed by atoms with Crippen molar-refractivity contribution in [3.05, 3.63) is 29.8 Å². The fourth-order valence-corrected chi connectivity index (χ4v) is 1.57. The molecule has 0 aliphatic carbocycles. The van der Waals surface area contributed by atoms with Gasteiger partial charge in [0.1, 0.15) is 5.78 Å². The lowest BCUT2D eigenvalue weighted by molar-refractivity contribution is -0.193. The van der Waals surface area contributed by atoms with Crippen molar-refractivity contribution in [2.75, 3.05) is 19.0 Å². The van der Waals surface area contributed by atoms with Crippen molar-refractivity contribution >= 4 is 23.0 Å². The monoisotopic (exact) mass is 399 g/mol. The first-order valence-electron chi connectivity index (χ1n) is 7.59. The zero-order chi connectivity index (χ0) is 21.6. The number of carbonyl (C=O) groups is 3. The molecular formula is C17H19F6NO3. The van der Waals surface area contributed by atoms with E-state index in [1.807, 2.05) is 57.1 Å². The summed E-state index contributed by atoms with van der Waals surface area (Å²) in [5, 5.41) is 0. The molecule has 0 unspecified atom stereocenters. The van der Waals surface area contributed by atoms with E-state index in [4.69, 9.17) is 0 Å². The first-order chi connectivity index (χ1) is 12.1. The average molecular weight is 399 g/mol. The molecule has 0 bridgehead atoms. The van der Waals surface area contributed by atoms with Crippen LogP contribution in [0, 0.1) is 5.92 Å². The van der Waals surface area contributed by atoms with Gasteiger partial charge in [-0.2, -0.15) is 26.3 Å². The Labute approximate surface area is 152 Å². The van der Waals surface area contributed by atoms with Crippen LogP contribution in [0.2, 0.25) is 0 Å². The third-order valence-electron chi connectivity index (χ3n) is 3.20. The highest BCUT2D eigenvalue weighted by Crippen LogP contribution is 2.24. The van der Waals surface area contributed by atoms with Crippen LogP contribution in [0.25, 0.3) is 0 Å². The molecule has 0 saturated heterocycles. The molecule has 0 aliphatic heterocycles. The first-order valence-corrected chi connectivity index (χ1v) is 7.59. The molecule has 152 valence electrons. The van der Waals surface area contributed by atoms with E-state index in [9.17, 15) is 40.7 Å². The second kappa shape index (κ2) is 9.52. The molecule has 4 nitrogen and oxygen atoms in total. The standard InChI is InChI=1S/C13H19NO.C4F6O2/c1-10(2)13(15)9-11-5-7-12(8-6-11)14(3)4;5-3(6,7)1(11)2(12)4(8,9)10/h5-8,10H,9H2,1-4H3;.